The van der Waals surface area contributed by atoms with Crippen molar-refractivity contribution < 1.29 is 4.74 Å². The van der Waals surface area contributed by atoms with Crippen molar-refractivity contribution in [3.63, 3.8) is 0 Å². The first kappa shape index (κ1) is 22.0. The SMILES string of the molecule is Nc1ncnn2c(C3CCC(N4CCCCC4)C3)nc(-c3cccc(OCc4ccccc4)c3)c12. The van der Waals surface area contributed by atoms with Gasteiger partial charge in [-0.2, -0.15) is 5.10 Å². The summed E-state index contributed by atoms with van der Waals surface area (Å²) in [6, 6.07) is 18.9. The largest absolute Gasteiger partial charge is 0.489 e. The minimum Gasteiger partial charge on any atom is -0.489 e. The number of rotatable bonds is 6. The Labute approximate surface area is 206 Å². The lowest BCUT2D eigenvalue weighted by Gasteiger charge is -2.32. The number of nitrogens with two attached hydrogens (primary N) is 1. The predicted molar refractivity (Wildman–Crippen MR) is 137 cm³/mol. The molecule has 3 heterocycles. The van der Waals surface area contributed by atoms with E-state index >= 15 is 0 Å². The Morgan fingerprint density at radius 1 is 0.971 bits per heavy atom. The number of hydrogen-bond donors (Lipinski definition) is 1. The maximum absolute atomic E-state index is 6.37. The number of aromatic nitrogens is 4. The van der Waals surface area contributed by atoms with Gasteiger partial charge in [0.1, 0.15) is 35.7 Å². The molecule has 0 amide bonds. The van der Waals surface area contributed by atoms with Crippen molar-refractivity contribution in [3.8, 4) is 17.0 Å². The first-order valence-corrected chi connectivity index (χ1v) is 12.8. The second kappa shape index (κ2) is 9.66. The molecule has 1 saturated heterocycles. The fourth-order valence-corrected chi connectivity index (χ4v) is 5.72. The minimum atomic E-state index is 0.370. The molecule has 7 heteroatoms. The van der Waals surface area contributed by atoms with E-state index in [9.17, 15) is 0 Å². The van der Waals surface area contributed by atoms with Crippen LogP contribution >= 0.6 is 0 Å². The maximum Gasteiger partial charge on any atom is 0.153 e. The van der Waals surface area contributed by atoms with Gasteiger partial charge in [0.25, 0.3) is 0 Å². The Morgan fingerprint density at radius 3 is 2.69 bits per heavy atom. The molecule has 2 atom stereocenters. The monoisotopic (exact) mass is 468 g/mol. The molecule has 2 aliphatic rings. The first-order valence-electron chi connectivity index (χ1n) is 12.8. The number of ether oxygens (including phenoxy) is 1. The van der Waals surface area contributed by atoms with Crippen molar-refractivity contribution in [3.05, 3.63) is 72.3 Å². The van der Waals surface area contributed by atoms with E-state index in [4.69, 9.17) is 15.5 Å². The van der Waals surface area contributed by atoms with Crippen LogP contribution < -0.4 is 10.5 Å². The molecule has 1 aliphatic carbocycles. The molecule has 4 aromatic rings. The Hall–Kier alpha value is -3.45. The molecule has 1 saturated carbocycles. The van der Waals surface area contributed by atoms with Crippen molar-refractivity contribution in [1.82, 2.24) is 24.5 Å². The molecule has 180 valence electrons. The number of anilines is 1. The lowest BCUT2D eigenvalue weighted by atomic mass is 10.0. The van der Waals surface area contributed by atoms with Gasteiger partial charge in [0.15, 0.2) is 5.82 Å². The van der Waals surface area contributed by atoms with Gasteiger partial charge in [-0.15, -0.1) is 0 Å². The molecule has 2 aromatic carbocycles. The molecule has 2 fully saturated rings. The lowest BCUT2D eigenvalue weighted by Crippen LogP contribution is -2.37. The Balaban J connectivity index is 1.30. The van der Waals surface area contributed by atoms with Crippen molar-refractivity contribution in [2.75, 3.05) is 18.8 Å². The number of benzene rings is 2. The average Bonchev–Trinajstić information content (AvgIpc) is 3.55. The zero-order valence-electron chi connectivity index (χ0n) is 20.0. The van der Waals surface area contributed by atoms with E-state index in [2.05, 4.69) is 33.2 Å². The number of imidazole rings is 1. The van der Waals surface area contributed by atoms with Gasteiger partial charge >= 0.3 is 0 Å². The summed E-state index contributed by atoms with van der Waals surface area (Å²) in [5, 5.41) is 4.59. The summed E-state index contributed by atoms with van der Waals surface area (Å²) in [4.78, 5) is 12.1. The van der Waals surface area contributed by atoms with Crippen molar-refractivity contribution in [2.45, 2.75) is 57.1 Å². The zero-order chi connectivity index (χ0) is 23.6. The molecule has 2 unspecified atom stereocenters. The smallest absolute Gasteiger partial charge is 0.153 e. The number of nitrogens with zero attached hydrogens (tertiary/aromatic N) is 5. The molecule has 35 heavy (non-hydrogen) atoms. The molecule has 7 nitrogen and oxygen atoms in total. The van der Waals surface area contributed by atoms with Crippen LogP contribution in [-0.4, -0.2) is 43.6 Å². The fraction of sp³-hybridized carbons (Fsp3) is 0.393. The third-order valence-corrected chi connectivity index (χ3v) is 7.52. The van der Waals surface area contributed by atoms with Crippen LogP contribution in [0.15, 0.2) is 60.9 Å². The lowest BCUT2D eigenvalue weighted by molar-refractivity contribution is 0.164. The van der Waals surface area contributed by atoms with Crippen LogP contribution in [0.2, 0.25) is 0 Å². The van der Waals surface area contributed by atoms with E-state index in [1.807, 2.05) is 40.9 Å². The number of fused-ring (bicyclic) bond motifs is 1. The summed E-state index contributed by atoms with van der Waals surface area (Å²) in [5.74, 6) is 2.62. The van der Waals surface area contributed by atoms with Gasteiger partial charge in [-0.3, -0.25) is 0 Å². The molecule has 0 spiro atoms. The Bertz CT molecular complexity index is 1300. The number of piperidine rings is 1. The summed E-state index contributed by atoms with van der Waals surface area (Å²) < 4.78 is 8.01. The Kier molecular flexibility index (Phi) is 6.08. The van der Waals surface area contributed by atoms with Gasteiger partial charge < -0.3 is 15.4 Å². The van der Waals surface area contributed by atoms with Crippen LogP contribution in [0.5, 0.6) is 5.75 Å². The average molecular weight is 469 g/mol. The van der Waals surface area contributed by atoms with Gasteiger partial charge in [-0.1, -0.05) is 48.9 Å². The summed E-state index contributed by atoms with van der Waals surface area (Å²) in [6.45, 7) is 2.98. The van der Waals surface area contributed by atoms with Gasteiger partial charge in [0, 0.05) is 17.5 Å². The normalized spacial score (nSPS) is 20.9. The van der Waals surface area contributed by atoms with E-state index in [0.717, 1.165) is 46.8 Å². The fourth-order valence-electron chi connectivity index (χ4n) is 5.72. The van der Waals surface area contributed by atoms with Crippen LogP contribution in [0.1, 0.15) is 55.8 Å². The number of nitrogen functional groups attached to an aromatic ring is 1. The third kappa shape index (κ3) is 4.48. The summed E-state index contributed by atoms with van der Waals surface area (Å²) >= 11 is 0. The molecule has 0 radical (unpaired) electrons. The molecule has 2 N–H and O–H groups in total. The van der Waals surface area contributed by atoms with Crippen LogP contribution in [0.4, 0.5) is 5.82 Å². The number of likely N-dealkylation sites (tertiary alicyclic amines) is 1. The summed E-state index contributed by atoms with van der Waals surface area (Å²) in [5.41, 5.74) is 10.1. The highest BCUT2D eigenvalue weighted by Crippen LogP contribution is 2.40. The topological polar surface area (TPSA) is 81.6 Å². The zero-order valence-corrected chi connectivity index (χ0v) is 20.0. The van der Waals surface area contributed by atoms with E-state index in [0.29, 0.717) is 24.4 Å². The quantitative estimate of drug-likeness (QED) is 0.425. The van der Waals surface area contributed by atoms with E-state index < -0.39 is 0 Å². The standard InChI is InChI=1S/C28H32N6O/c29-27-26-25(21-10-7-11-24(17-21)35-18-20-8-3-1-4-9-20)32-28(34(26)31-19-30-27)22-12-13-23(16-22)33-14-5-2-6-15-33/h1,3-4,7-11,17,19,22-23H,2,5-6,12-16,18H2,(H2,29,30,31). The van der Waals surface area contributed by atoms with Gasteiger partial charge in [0.05, 0.1) is 0 Å². The van der Waals surface area contributed by atoms with E-state index in [1.165, 1.54) is 45.1 Å². The molecular formula is C28H32N6O. The first-order chi connectivity index (χ1) is 17.3. The second-order valence-corrected chi connectivity index (χ2v) is 9.79. The van der Waals surface area contributed by atoms with E-state index in [-0.39, 0.29) is 0 Å². The summed E-state index contributed by atoms with van der Waals surface area (Å²) in [7, 11) is 0. The highest BCUT2D eigenvalue weighted by molar-refractivity contribution is 5.85. The highest BCUT2D eigenvalue weighted by atomic mass is 16.5. The summed E-state index contributed by atoms with van der Waals surface area (Å²) in [6.07, 6.45) is 9.03. The highest BCUT2D eigenvalue weighted by Gasteiger charge is 2.34. The predicted octanol–water partition coefficient (Wildman–Crippen LogP) is 5.07. The van der Waals surface area contributed by atoms with Crippen molar-refractivity contribution in [2.24, 2.45) is 0 Å². The van der Waals surface area contributed by atoms with Crippen LogP contribution in [-0.2, 0) is 6.61 Å². The minimum absolute atomic E-state index is 0.370. The van der Waals surface area contributed by atoms with Crippen LogP contribution in [0.3, 0.4) is 0 Å². The van der Waals surface area contributed by atoms with Crippen molar-refractivity contribution >= 4 is 11.3 Å². The van der Waals surface area contributed by atoms with E-state index in [1.54, 1.807) is 0 Å². The van der Waals surface area contributed by atoms with Crippen LogP contribution in [0, 0.1) is 0 Å². The third-order valence-electron chi connectivity index (χ3n) is 7.52. The Morgan fingerprint density at radius 2 is 1.83 bits per heavy atom. The van der Waals surface area contributed by atoms with Crippen LogP contribution in [0.25, 0.3) is 16.8 Å². The molecular weight excluding hydrogens is 436 g/mol. The second-order valence-electron chi connectivity index (χ2n) is 9.79. The molecule has 6 rings (SSSR count). The molecule has 1 aliphatic heterocycles. The van der Waals surface area contributed by atoms with Gasteiger partial charge in [-0.05, 0) is 62.9 Å². The van der Waals surface area contributed by atoms with Crippen molar-refractivity contribution in [1.29, 1.82) is 0 Å². The van der Waals surface area contributed by atoms with Gasteiger partial charge in [-0.25, -0.2) is 14.5 Å². The van der Waals surface area contributed by atoms with Gasteiger partial charge in [0.2, 0.25) is 0 Å². The number of hydrogen-bond acceptors (Lipinski definition) is 6. The maximum atomic E-state index is 6.37. The molecule has 2 aromatic heterocycles. The molecule has 0 bridgehead atoms.